The van der Waals surface area contributed by atoms with Gasteiger partial charge in [0.15, 0.2) is 0 Å². The van der Waals surface area contributed by atoms with Crippen LogP contribution in [-0.4, -0.2) is 13.7 Å². The van der Waals surface area contributed by atoms with Gasteiger partial charge in [-0.2, -0.15) is 0 Å². The highest BCUT2D eigenvalue weighted by Crippen LogP contribution is 2.42. The van der Waals surface area contributed by atoms with E-state index in [0.717, 1.165) is 11.4 Å². The summed E-state index contributed by atoms with van der Waals surface area (Å²) >= 11 is 0. The van der Waals surface area contributed by atoms with Crippen molar-refractivity contribution in [3.8, 4) is 33.6 Å². The van der Waals surface area contributed by atoms with Crippen LogP contribution in [0.2, 0.25) is 0 Å². The van der Waals surface area contributed by atoms with Gasteiger partial charge in [0.1, 0.15) is 0 Å². The van der Waals surface area contributed by atoms with Crippen molar-refractivity contribution < 1.29 is 0 Å². The van der Waals surface area contributed by atoms with Crippen molar-refractivity contribution in [3.05, 3.63) is 182 Å². The minimum atomic E-state index is 1.15. The summed E-state index contributed by atoms with van der Waals surface area (Å²) in [7, 11) is 2.17. The fourth-order valence-electron chi connectivity index (χ4n) is 8.66. The summed E-state index contributed by atoms with van der Waals surface area (Å²) in [6, 6.07) is 66.6. The summed E-state index contributed by atoms with van der Waals surface area (Å²) in [6.07, 6.45) is 0. The first-order chi connectivity index (χ1) is 25.7. The summed E-state index contributed by atoms with van der Waals surface area (Å²) in [4.78, 5) is 0. The van der Waals surface area contributed by atoms with Gasteiger partial charge in [-0.15, -0.1) is 0 Å². The van der Waals surface area contributed by atoms with E-state index in [0.29, 0.717) is 0 Å². The van der Waals surface area contributed by atoms with Crippen LogP contribution >= 0.6 is 0 Å². The van der Waals surface area contributed by atoms with Crippen LogP contribution in [0.15, 0.2) is 182 Å². The topological polar surface area (TPSA) is 14.8 Å². The molecule has 0 spiro atoms. The van der Waals surface area contributed by atoms with Crippen molar-refractivity contribution in [2.24, 2.45) is 7.05 Å². The second-order valence-corrected chi connectivity index (χ2v) is 13.8. The number of aryl methyl sites for hydroxylation is 1. The van der Waals surface area contributed by atoms with E-state index in [1.807, 2.05) is 0 Å². The lowest BCUT2D eigenvalue weighted by atomic mass is 9.99. The lowest BCUT2D eigenvalue weighted by Gasteiger charge is -2.13. The maximum Gasteiger partial charge on any atom is 0.0619 e. The molecule has 0 unspecified atom stereocenters. The Morgan fingerprint density at radius 3 is 1.48 bits per heavy atom. The highest BCUT2D eigenvalue weighted by molar-refractivity contribution is 6.16. The number of nitrogens with zero attached hydrogens (tertiary/aromatic N) is 3. The lowest BCUT2D eigenvalue weighted by molar-refractivity contribution is 1.01. The molecule has 0 aliphatic heterocycles. The van der Waals surface area contributed by atoms with Crippen LogP contribution in [0.4, 0.5) is 0 Å². The van der Waals surface area contributed by atoms with E-state index in [1.54, 1.807) is 0 Å². The maximum absolute atomic E-state index is 2.47. The van der Waals surface area contributed by atoms with Crippen LogP contribution in [0, 0.1) is 0 Å². The van der Waals surface area contributed by atoms with E-state index >= 15 is 0 Å². The molecule has 0 amide bonds. The molecule has 244 valence electrons. The summed E-state index contributed by atoms with van der Waals surface area (Å²) in [5, 5.41) is 7.59. The largest absolute Gasteiger partial charge is 0.344 e. The van der Waals surface area contributed by atoms with E-state index in [-0.39, 0.29) is 0 Å². The number of aromatic nitrogens is 3. The number of benzene rings is 8. The molecule has 0 N–H and O–H groups in total. The Bertz CT molecular complexity index is 3180. The van der Waals surface area contributed by atoms with Gasteiger partial charge in [0.05, 0.1) is 22.1 Å². The van der Waals surface area contributed by atoms with Crippen molar-refractivity contribution in [2.75, 3.05) is 0 Å². The van der Waals surface area contributed by atoms with E-state index in [1.165, 1.54) is 87.7 Å². The highest BCUT2D eigenvalue weighted by atomic mass is 15.0. The SMILES string of the molecule is Cn1c2ccccc2c2ccc(-c3ccc4c5cccc(-c6ccc7c8ccccc8n(-c8ccccc8)c7c6)c5n(-c5ccccc5)c4c3)cc21. The van der Waals surface area contributed by atoms with Crippen LogP contribution in [0.1, 0.15) is 0 Å². The molecule has 11 rings (SSSR count). The van der Waals surface area contributed by atoms with Crippen molar-refractivity contribution >= 4 is 65.4 Å². The molecule has 0 saturated heterocycles. The van der Waals surface area contributed by atoms with Crippen LogP contribution in [0.3, 0.4) is 0 Å². The first-order valence-electron chi connectivity index (χ1n) is 17.9. The Labute approximate surface area is 300 Å². The number of rotatable bonds is 4. The predicted octanol–water partition coefficient (Wildman–Crippen LogP) is 12.9. The van der Waals surface area contributed by atoms with Gasteiger partial charge in [0.2, 0.25) is 0 Å². The average molecular weight is 664 g/mol. The molecule has 11 aromatic rings. The second-order valence-electron chi connectivity index (χ2n) is 13.8. The Morgan fingerprint density at radius 1 is 0.308 bits per heavy atom. The summed E-state index contributed by atoms with van der Waals surface area (Å²) < 4.78 is 7.18. The standard InChI is InChI=1S/C49H33N3/c1-50-44-21-10-8-17-38(44)40-26-23-32(29-46(40)50)33-24-27-42-43-20-12-19-37(49(43)52(48(42)30-33)36-15-6-3-7-16-36)34-25-28-41-39-18-9-11-22-45(39)51(47(41)31-34)35-13-4-2-5-14-35/h2-31H,1H3. The fourth-order valence-corrected chi connectivity index (χ4v) is 8.66. The molecule has 3 aromatic heterocycles. The van der Waals surface area contributed by atoms with Gasteiger partial charge < -0.3 is 13.7 Å². The second kappa shape index (κ2) is 11.1. The normalized spacial score (nSPS) is 11.9. The first-order valence-corrected chi connectivity index (χ1v) is 17.9. The Balaban J connectivity index is 1.17. The summed E-state index contributed by atoms with van der Waals surface area (Å²) in [5.74, 6) is 0. The van der Waals surface area contributed by atoms with Gasteiger partial charge in [0, 0.05) is 67.3 Å². The van der Waals surface area contributed by atoms with Gasteiger partial charge in [0.25, 0.3) is 0 Å². The molecule has 0 atom stereocenters. The van der Waals surface area contributed by atoms with Gasteiger partial charge in [-0.3, -0.25) is 0 Å². The van der Waals surface area contributed by atoms with Gasteiger partial charge in [-0.1, -0.05) is 127 Å². The number of fused-ring (bicyclic) bond motifs is 9. The highest BCUT2D eigenvalue weighted by Gasteiger charge is 2.19. The molecule has 52 heavy (non-hydrogen) atoms. The fraction of sp³-hybridized carbons (Fsp3) is 0.0204. The van der Waals surface area contributed by atoms with Crippen molar-refractivity contribution in [1.82, 2.24) is 13.7 Å². The number of hydrogen-bond donors (Lipinski definition) is 0. The third kappa shape index (κ3) is 4.14. The van der Waals surface area contributed by atoms with E-state index in [9.17, 15) is 0 Å². The Morgan fingerprint density at radius 2 is 0.769 bits per heavy atom. The Hall–Kier alpha value is -6.84. The zero-order valence-corrected chi connectivity index (χ0v) is 28.7. The van der Waals surface area contributed by atoms with E-state index in [4.69, 9.17) is 0 Å². The number of hydrogen-bond acceptors (Lipinski definition) is 0. The molecule has 0 aliphatic carbocycles. The zero-order valence-electron chi connectivity index (χ0n) is 28.7. The molecule has 0 bridgehead atoms. The third-order valence-electron chi connectivity index (χ3n) is 11.0. The van der Waals surface area contributed by atoms with Crippen molar-refractivity contribution in [3.63, 3.8) is 0 Å². The quantitative estimate of drug-likeness (QED) is 0.178. The van der Waals surface area contributed by atoms with Gasteiger partial charge in [-0.05, 0) is 71.3 Å². The van der Waals surface area contributed by atoms with Crippen LogP contribution in [0.25, 0.3) is 99.0 Å². The monoisotopic (exact) mass is 663 g/mol. The molecule has 3 nitrogen and oxygen atoms in total. The average Bonchev–Trinajstić information content (AvgIpc) is 3.83. The van der Waals surface area contributed by atoms with E-state index < -0.39 is 0 Å². The third-order valence-corrected chi connectivity index (χ3v) is 11.0. The van der Waals surface area contributed by atoms with Gasteiger partial charge in [-0.25, -0.2) is 0 Å². The number of para-hydroxylation sites is 5. The minimum absolute atomic E-state index is 1.15. The van der Waals surface area contributed by atoms with Crippen LogP contribution < -0.4 is 0 Å². The lowest BCUT2D eigenvalue weighted by Crippen LogP contribution is -1.96. The zero-order chi connectivity index (χ0) is 34.3. The molecular formula is C49H33N3. The van der Waals surface area contributed by atoms with Gasteiger partial charge >= 0.3 is 0 Å². The smallest absolute Gasteiger partial charge is 0.0619 e. The molecule has 3 heteroatoms. The van der Waals surface area contributed by atoms with Crippen molar-refractivity contribution in [1.29, 1.82) is 0 Å². The molecule has 0 aliphatic rings. The molecule has 0 radical (unpaired) electrons. The van der Waals surface area contributed by atoms with Crippen LogP contribution in [0.5, 0.6) is 0 Å². The Kier molecular flexibility index (Phi) is 6.17. The summed E-state index contributed by atoms with van der Waals surface area (Å²) in [6.45, 7) is 0. The molecular weight excluding hydrogens is 631 g/mol. The molecule has 8 aromatic carbocycles. The maximum atomic E-state index is 2.47. The van der Waals surface area contributed by atoms with E-state index in [2.05, 4.69) is 203 Å². The summed E-state index contributed by atoms with van der Waals surface area (Å²) in [5.41, 5.74) is 14.5. The minimum Gasteiger partial charge on any atom is -0.344 e. The van der Waals surface area contributed by atoms with Crippen LogP contribution in [-0.2, 0) is 7.05 Å². The molecule has 0 fully saturated rings. The van der Waals surface area contributed by atoms with Crippen molar-refractivity contribution in [2.45, 2.75) is 0 Å². The molecule has 3 heterocycles. The molecule has 0 saturated carbocycles. The predicted molar refractivity (Wildman–Crippen MR) is 220 cm³/mol. The first kappa shape index (κ1) is 28.9.